The van der Waals surface area contributed by atoms with Gasteiger partial charge in [0.05, 0.1) is 11.2 Å². The van der Waals surface area contributed by atoms with Crippen molar-refractivity contribution in [2.75, 3.05) is 4.90 Å². The summed E-state index contributed by atoms with van der Waals surface area (Å²) < 4.78 is 12.7. The predicted octanol–water partition coefficient (Wildman–Crippen LogP) is 9.36. The van der Waals surface area contributed by atoms with Gasteiger partial charge in [0.15, 0.2) is 0 Å². The van der Waals surface area contributed by atoms with Gasteiger partial charge in [-0.2, -0.15) is 0 Å². The van der Waals surface area contributed by atoms with Gasteiger partial charge in [-0.3, -0.25) is 0 Å². The number of para-hydroxylation sites is 1. The van der Waals surface area contributed by atoms with Gasteiger partial charge in [-0.05, 0) is 97.7 Å². The van der Waals surface area contributed by atoms with Crippen LogP contribution in [0.4, 0.5) is 17.1 Å². The number of rotatable bonds is 5. The molecule has 0 saturated carbocycles. The number of benzene rings is 4. The van der Waals surface area contributed by atoms with Crippen LogP contribution in [0.3, 0.4) is 0 Å². The van der Waals surface area contributed by atoms with Gasteiger partial charge < -0.3 is 14.2 Å². The van der Waals surface area contributed by atoms with Crippen LogP contribution in [-0.2, 0) is 14.7 Å². The number of nitrogens with zero attached hydrogens (tertiary/aromatic N) is 1. The van der Waals surface area contributed by atoms with Crippen molar-refractivity contribution >= 4 is 29.6 Å². The molecule has 0 spiro atoms. The molecule has 4 aromatic carbocycles. The minimum atomic E-state index is -0.391. The Morgan fingerprint density at radius 2 is 1.33 bits per heavy atom. The largest absolute Gasteiger partial charge is 0.494 e. The van der Waals surface area contributed by atoms with E-state index in [1.807, 2.05) is 0 Å². The molecule has 7 rings (SSSR count). The molecule has 0 N–H and O–H groups in total. The van der Waals surface area contributed by atoms with Crippen molar-refractivity contribution in [1.82, 2.24) is 0 Å². The minimum Gasteiger partial charge on any atom is -0.399 e. The van der Waals surface area contributed by atoms with Crippen molar-refractivity contribution in [3.8, 4) is 11.1 Å². The molecular formula is C39H40BNO2. The summed E-state index contributed by atoms with van der Waals surface area (Å²) in [5, 5.41) is 0. The van der Waals surface area contributed by atoms with Gasteiger partial charge >= 0.3 is 7.12 Å². The Morgan fingerprint density at radius 1 is 0.674 bits per heavy atom. The van der Waals surface area contributed by atoms with Gasteiger partial charge in [0.2, 0.25) is 0 Å². The van der Waals surface area contributed by atoms with Crippen LogP contribution in [0.2, 0.25) is 0 Å². The molecule has 43 heavy (non-hydrogen) atoms. The predicted molar refractivity (Wildman–Crippen MR) is 180 cm³/mol. The summed E-state index contributed by atoms with van der Waals surface area (Å²) in [5.74, 6) is 0.322. The van der Waals surface area contributed by atoms with Gasteiger partial charge in [-0.1, -0.05) is 98.8 Å². The normalized spacial score (nSPS) is 20.6. The maximum absolute atomic E-state index is 6.37. The molecule has 1 aliphatic heterocycles. The first-order valence-electron chi connectivity index (χ1n) is 15.5. The first-order chi connectivity index (χ1) is 20.6. The summed E-state index contributed by atoms with van der Waals surface area (Å²) in [7, 11) is -0.391. The third-order valence-electron chi connectivity index (χ3n) is 10.1. The summed E-state index contributed by atoms with van der Waals surface area (Å²) in [5.41, 5.74) is 10.4. The standard InChI is InChI=1S/C39H40BNO2/c1-37(2)34-18-12-10-17-32(34)33-25-24-30(26-35(33)37)41(36-19-13-11-16-31(36)27-14-8-7-9-15-27)29-22-20-28(21-23-29)40-42-38(3,4)39(5,6)43-40/h7-14,16-27H,15H2,1-6H3. The van der Waals surface area contributed by atoms with Crippen LogP contribution in [0.15, 0.2) is 115 Å². The van der Waals surface area contributed by atoms with Gasteiger partial charge in [0, 0.05) is 28.4 Å². The van der Waals surface area contributed by atoms with Crippen LogP contribution in [0.25, 0.3) is 11.1 Å². The Bertz CT molecular complexity index is 1730. The van der Waals surface area contributed by atoms with Gasteiger partial charge in [-0.25, -0.2) is 0 Å². The highest BCUT2D eigenvalue weighted by Gasteiger charge is 2.51. The van der Waals surface area contributed by atoms with E-state index in [9.17, 15) is 0 Å². The van der Waals surface area contributed by atoms with Crippen LogP contribution in [0.5, 0.6) is 0 Å². The van der Waals surface area contributed by atoms with E-state index in [-0.39, 0.29) is 16.6 Å². The fourth-order valence-corrected chi connectivity index (χ4v) is 6.83. The molecule has 1 fully saturated rings. The SMILES string of the molecule is CC1(C)c2ccccc2-c2ccc(N(c3ccc(B4OC(C)(C)C(C)(C)O4)cc3)c3ccccc3C3C=CC=CC3)cc21. The highest BCUT2D eigenvalue weighted by atomic mass is 16.7. The van der Waals surface area contributed by atoms with E-state index in [0.29, 0.717) is 5.92 Å². The molecule has 1 atom stereocenters. The third-order valence-corrected chi connectivity index (χ3v) is 10.1. The van der Waals surface area contributed by atoms with E-state index in [4.69, 9.17) is 9.31 Å². The van der Waals surface area contributed by atoms with Gasteiger partial charge in [-0.15, -0.1) is 0 Å². The van der Waals surface area contributed by atoms with E-state index < -0.39 is 7.12 Å². The number of anilines is 3. The van der Waals surface area contributed by atoms with E-state index in [2.05, 4.69) is 162 Å². The van der Waals surface area contributed by atoms with Gasteiger partial charge in [0.25, 0.3) is 0 Å². The van der Waals surface area contributed by atoms with Crippen LogP contribution < -0.4 is 10.4 Å². The van der Waals surface area contributed by atoms with Crippen LogP contribution in [-0.4, -0.2) is 18.3 Å². The average molecular weight is 566 g/mol. The van der Waals surface area contributed by atoms with Crippen molar-refractivity contribution in [2.45, 2.75) is 70.5 Å². The van der Waals surface area contributed by atoms with E-state index in [0.717, 1.165) is 23.3 Å². The second-order valence-corrected chi connectivity index (χ2v) is 13.6. The molecule has 0 amide bonds. The lowest BCUT2D eigenvalue weighted by Crippen LogP contribution is -2.41. The van der Waals surface area contributed by atoms with E-state index in [1.54, 1.807) is 0 Å². The molecule has 0 radical (unpaired) electrons. The molecule has 216 valence electrons. The summed E-state index contributed by atoms with van der Waals surface area (Å²) in [6.45, 7) is 13.1. The summed E-state index contributed by atoms with van der Waals surface area (Å²) >= 11 is 0. The molecule has 0 aromatic heterocycles. The topological polar surface area (TPSA) is 21.7 Å². The molecule has 0 bridgehead atoms. The fraction of sp³-hybridized carbons (Fsp3) is 0.282. The number of allylic oxidation sites excluding steroid dienone is 4. The summed E-state index contributed by atoms with van der Waals surface area (Å²) in [4.78, 5) is 2.43. The monoisotopic (exact) mass is 565 g/mol. The molecule has 4 heteroatoms. The lowest BCUT2D eigenvalue weighted by molar-refractivity contribution is 0.00578. The molecule has 2 aliphatic carbocycles. The van der Waals surface area contributed by atoms with Crippen molar-refractivity contribution < 1.29 is 9.31 Å². The average Bonchev–Trinajstić information content (AvgIpc) is 3.38. The highest BCUT2D eigenvalue weighted by molar-refractivity contribution is 6.62. The highest BCUT2D eigenvalue weighted by Crippen LogP contribution is 2.51. The number of hydrogen-bond acceptors (Lipinski definition) is 3. The molecule has 1 saturated heterocycles. The smallest absolute Gasteiger partial charge is 0.399 e. The van der Waals surface area contributed by atoms with Crippen LogP contribution in [0.1, 0.15) is 70.6 Å². The zero-order chi connectivity index (χ0) is 30.0. The molecule has 1 heterocycles. The first-order valence-corrected chi connectivity index (χ1v) is 15.5. The maximum Gasteiger partial charge on any atom is 0.494 e. The molecule has 3 aliphatic rings. The second-order valence-electron chi connectivity index (χ2n) is 13.6. The lowest BCUT2D eigenvalue weighted by atomic mass is 9.79. The second kappa shape index (κ2) is 10.1. The van der Waals surface area contributed by atoms with Crippen LogP contribution >= 0.6 is 0 Å². The maximum atomic E-state index is 6.37. The van der Waals surface area contributed by atoms with Crippen molar-refractivity contribution in [3.05, 3.63) is 132 Å². The van der Waals surface area contributed by atoms with Crippen molar-refractivity contribution in [1.29, 1.82) is 0 Å². The van der Waals surface area contributed by atoms with Crippen molar-refractivity contribution in [2.24, 2.45) is 0 Å². The molecule has 4 aromatic rings. The first kappa shape index (κ1) is 27.9. The lowest BCUT2D eigenvalue weighted by Gasteiger charge is -2.32. The summed E-state index contributed by atoms with van der Waals surface area (Å²) in [6.07, 6.45) is 9.89. The quantitative estimate of drug-likeness (QED) is 0.225. The van der Waals surface area contributed by atoms with Crippen molar-refractivity contribution in [3.63, 3.8) is 0 Å². The molecular weight excluding hydrogens is 525 g/mol. The Morgan fingerprint density at radius 3 is 2.05 bits per heavy atom. The Hall–Kier alpha value is -3.86. The van der Waals surface area contributed by atoms with E-state index >= 15 is 0 Å². The number of hydrogen-bond donors (Lipinski definition) is 0. The Kier molecular flexibility index (Phi) is 6.57. The Balaban J connectivity index is 1.34. The van der Waals surface area contributed by atoms with E-state index in [1.165, 1.54) is 33.5 Å². The third kappa shape index (κ3) is 4.59. The zero-order valence-corrected chi connectivity index (χ0v) is 26.1. The molecule has 1 unspecified atom stereocenters. The summed E-state index contributed by atoms with van der Waals surface area (Å²) in [6, 6.07) is 33.4. The minimum absolute atomic E-state index is 0.0787. The van der Waals surface area contributed by atoms with Gasteiger partial charge in [0.1, 0.15) is 0 Å². The zero-order valence-electron chi connectivity index (χ0n) is 26.1. The van der Waals surface area contributed by atoms with Crippen LogP contribution in [0, 0.1) is 0 Å². The fourth-order valence-electron chi connectivity index (χ4n) is 6.83. The number of fused-ring (bicyclic) bond motifs is 3. The Labute approximate surface area is 257 Å². The molecule has 3 nitrogen and oxygen atoms in total.